The van der Waals surface area contributed by atoms with Gasteiger partial charge in [0.1, 0.15) is 19.7 Å². The molecule has 0 radical (unpaired) electrons. The Morgan fingerprint density at radius 2 is 1.69 bits per heavy atom. The van der Waals surface area contributed by atoms with Crippen LogP contribution in [0.15, 0.2) is 61.2 Å². The van der Waals surface area contributed by atoms with Gasteiger partial charge < -0.3 is 14.8 Å². The third-order valence-electron chi connectivity index (χ3n) is 5.42. The van der Waals surface area contributed by atoms with Crippen LogP contribution in [0.1, 0.15) is 29.9 Å². The number of hydrogen-bond donors (Lipinski definition) is 1. The molecule has 0 aliphatic heterocycles. The minimum absolute atomic E-state index is 0.0606. The number of rotatable bonds is 10. The number of methoxy groups -OCH3 is 1. The molecule has 0 saturated carbocycles. The second-order valence-electron chi connectivity index (χ2n) is 7.51. The molecule has 0 saturated heterocycles. The Hall–Kier alpha value is -3.61. The van der Waals surface area contributed by atoms with Gasteiger partial charge in [-0.1, -0.05) is 54.6 Å². The Balaban J connectivity index is 1.66. The highest BCUT2D eigenvalue weighted by atomic mass is 16.6. The van der Waals surface area contributed by atoms with E-state index in [0.717, 1.165) is 22.3 Å². The topological polar surface area (TPSA) is 84.9 Å². The Bertz CT molecular complexity index is 942. The lowest BCUT2D eigenvalue weighted by Crippen LogP contribution is -2.43. The highest BCUT2D eigenvalue weighted by molar-refractivity contribution is 5.85. The number of carbonyl (C=O) groups excluding carboxylic acids is 3. The molecule has 0 atom stereocenters. The molecular formula is C25H28N2O5. The summed E-state index contributed by atoms with van der Waals surface area (Å²) in [6.07, 6.45) is 2.55. The molecular weight excluding hydrogens is 408 g/mol. The van der Waals surface area contributed by atoms with Crippen LogP contribution >= 0.6 is 0 Å². The minimum Gasteiger partial charge on any atom is -0.468 e. The zero-order valence-electron chi connectivity index (χ0n) is 18.2. The molecule has 0 spiro atoms. The van der Waals surface area contributed by atoms with Crippen LogP contribution < -0.4 is 5.32 Å². The Morgan fingerprint density at radius 3 is 2.28 bits per heavy atom. The van der Waals surface area contributed by atoms with Gasteiger partial charge in [-0.25, -0.2) is 4.79 Å². The maximum absolute atomic E-state index is 12.9. The number of fused-ring (bicyclic) bond motifs is 3. The van der Waals surface area contributed by atoms with Crippen molar-refractivity contribution in [1.29, 1.82) is 0 Å². The summed E-state index contributed by atoms with van der Waals surface area (Å²) in [6, 6.07) is 16.2. The first-order chi connectivity index (χ1) is 15.5. The molecule has 32 heavy (non-hydrogen) atoms. The first kappa shape index (κ1) is 23.1. The van der Waals surface area contributed by atoms with E-state index in [-0.39, 0.29) is 25.6 Å². The fourth-order valence-electron chi connectivity index (χ4n) is 3.82. The van der Waals surface area contributed by atoms with Gasteiger partial charge in [0.15, 0.2) is 0 Å². The fraction of sp³-hybridized carbons (Fsp3) is 0.320. The second-order valence-corrected chi connectivity index (χ2v) is 7.51. The molecule has 0 heterocycles. The van der Waals surface area contributed by atoms with Gasteiger partial charge in [-0.05, 0) is 35.1 Å². The predicted octanol–water partition coefficient (Wildman–Crippen LogP) is 3.49. The molecule has 0 aromatic heterocycles. The lowest BCUT2D eigenvalue weighted by atomic mass is 9.98. The molecule has 3 rings (SSSR count). The van der Waals surface area contributed by atoms with E-state index in [1.807, 2.05) is 24.3 Å². The van der Waals surface area contributed by atoms with E-state index in [4.69, 9.17) is 4.74 Å². The summed E-state index contributed by atoms with van der Waals surface area (Å²) in [5.41, 5.74) is 4.54. The third kappa shape index (κ3) is 5.55. The van der Waals surface area contributed by atoms with Crippen LogP contribution in [0, 0.1) is 0 Å². The lowest BCUT2D eigenvalue weighted by molar-refractivity contribution is -0.141. The first-order valence-electron chi connectivity index (χ1n) is 10.6. The lowest BCUT2D eigenvalue weighted by Gasteiger charge is -2.23. The number of esters is 1. The molecule has 7 nitrogen and oxygen atoms in total. The van der Waals surface area contributed by atoms with Crippen molar-refractivity contribution in [2.75, 3.05) is 33.4 Å². The van der Waals surface area contributed by atoms with E-state index in [0.29, 0.717) is 19.4 Å². The average molecular weight is 437 g/mol. The summed E-state index contributed by atoms with van der Waals surface area (Å²) < 4.78 is 10.2. The molecule has 0 fully saturated rings. The van der Waals surface area contributed by atoms with Gasteiger partial charge in [0.05, 0.1) is 7.11 Å². The van der Waals surface area contributed by atoms with Crippen molar-refractivity contribution in [2.24, 2.45) is 0 Å². The molecule has 1 aliphatic carbocycles. The fourth-order valence-corrected chi connectivity index (χ4v) is 3.82. The molecule has 2 aromatic carbocycles. The maximum Gasteiger partial charge on any atom is 0.410 e. The van der Waals surface area contributed by atoms with Crippen LogP contribution in [0.4, 0.5) is 4.79 Å². The number of hydrogen-bond acceptors (Lipinski definition) is 5. The van der Waals surface area contributed by atoms with Gasteiger partial charge in [-0.3, -0.25) is 14.5 Å². The summed E-state index contributed by atoms with van der Waals surface area (Å²) in [6.45, 7) is 3.75. The van der Waals surface area contributed by atoms with E-state index in [2.05, 4.69) is 40.9 Å². The quantitative estimate of drug-likeness (QED) is 0.350. The van der Waals surface area contributed by atoms with Crippen LogP contribution in [0.5, 0.6) is 0 Å². The van der Waals surface area contributed by atoms with Crippen LogP contribution in [-0.4, -0.2) is 56.2 Å². The highest BCUT2D eigenvalue weighted by Gasteiger charge is 2.30. The molecule has 7 heteroatoms. The number of ether oxygens (including phenoxy) is 2. The number of allylic oxidation sites excluding steroid dienone is 1. The molecule has 1 aliphatic rings. The molecule has 2 amide bonds. The normalized spacial score (nSPS) is 11.8. The van der Waals surface area contributed by atoms with Crippen LogP contribution in [0.25, 0.3) is 11.1 Å². The molecule has 0 unspecified atom stereocenters. The molecule has 1 N–H and O–H groups in total. The van der Waals surface area contributed by atoms with Crippen molar-refractivity contribution in [1.82, 2.24) is 10.2 Å². The van der Waals surface area contributed by atoms with Crippen molar-refractivity contribution >= 4 is 18.0 Å². The van der Waals surface area contributed by atoms with Crippen molar-refractivity contribution in [2.45, 2.75) is 18.8 Å². The third-order valence-corrected chi connectivity index (χ3v) is 5.42. The molecule has 0 bridgehead atoms. The number of nitrogens with one attached hydrogen (secondary N) is 1. The Morgan fingerprint density at radius 1 is 1.06 bits per heavy atom. The summed E-state index contributed by atoms with van der Waals surface area (Å²) in [5.74, 6) is -1.07. The number of carbonyl (C=O) groups is 3. The van der Waals surface area contributed by atoms with Crippen LogP contribution in [0.3, 0.4) is 0 Å². The van der Waals surface area contributed by atoms with Crippen molar-refractivity contribution in [3.05, 3.63) is 72.3 Å². The van der Waals surface area contributed by atoms with Crippen LogP contribution in [-0.2, 0) is 19.1 Å². The Labute approximate surface area is 188 Å². The first-order valence-corrected chi connectivity index (χ1v) is 10.6. The maximum atomic E-state index is 12.9. The standard InChI is InChI=1S/C25H28N2O5/c1-3-4-9-14-27(16-23(28)26-15-24(29)31-2)25(30)32-17-22-20-12-7-5-10-18(20)19-11-6-8-13-21(19)22/h3,5-8,10-13,22H,1,4,9,14-17H2,2H3,(H,26,28). The summed E-state index contributed by atoms with van der Waals surface area (Å²) >= 11 is 0. The van der Waals surface area contributed by atoms with Gasteiger partial charge in [0, 0.05) is 12.5 Å². The van der Waals surface area contributed by atoms with Crippen LogP contribution in [0.2, 0.25) is 0 Å². The van der Waals surface area contributed by atoms with E-state index in [9.17, 15) is 14.4 Å². The largest absolute Gasteiger partial charge is 0.468 e. The molecule has 2 aromatic rings. The van der Waals surface area contributed by atoms with Gasteiger partial charge in [0.25, 0.3) is 0 Å². The number of amides is 2. The minimum atomic E-state index is -0.566. The highest BCUT2D eigenvalue weighted by Crippen LogP contribution is 2.44. The second kappa shape index (κ2) is 11.1. The Kier molecular flexibility index (Phi) is 8.02. The van der Waals surface area contributed by atoms with E-state index in [1.165, 1.54) is 12.0 Å². The number of nitrogens with zero attached hydrogens (tertiary/aromatic N) is 1. The zero-order chi connectivity index (χ0) is 22.9. The van der Waals surface area contributed by atoms with E-state index < -0.39 is 18.0 Å². The van der Waals surface area contributed by atoms with Gasteiger partial charge in [0.2, 0.25) is 5.91 Å². The van der Waals surface area contributed by atoms with Crippen molar-refractivity contribution < 1.29 is 23.9 Å². The van der Waals surface area contributed by atoms with Gasteiger partial charge in [-0.15, -0.1) is 6.58 Å². The summed E-state index contributed by atoms with van der Waals surface area (Å²) in [5, 5.41) is 2.45. The van der Waals surface area contributed by atoms with Crippen molar-refractivity contribution in [3.63, 3.8) is 0 Å². The molecule has 168 valence electrons. The van der Waals surface area contributed by atoms with Crippen molar-refractivity contribution in [3.8, 4) is 11.1 Å². The number of unbranched alkanes of at least 4 members (excludes halogenated alkanes) is 1. The van der Waals surface area contributed by atoms with E-state index >= 15 is 0 Å². The number of benzene rings is 2. The smallest absolute Gasteiger partial charge is 0.410 e. The van der Waals surface area contributed by atoms with Gasteiger partial charge >= 0.3 is 12.1 Å². The SMILES string of the molecule is C=CCCCN(CC(=O)NCC(=O)OC)C(=O)OCC1c2ccccc2-c2ccccc21. The summed E-state index contributed by atoms with van der Waals surface area (Å²) in [7, 11) is 1.24. The summed E-state index contributed by atoms with van der Waals surface area (Å²) in [4.78, 5) is 37.7. The predicted molar refractivity (Wildman–Crippen MR) is 121 cm³/mol. The van der Waals surface area contributed by atoms with E-state index in [1.54, 1.807) is 6.08 Å². The van der Waals surface area contributed by atoms with Gasteiger partial charge in [-0.2, -0.15) is 0 Å². The zero-order valence-corrected chi connectivity index (χ0v) is 18.2. The average Bonchev–Trinajstić information content (AvgIpc) is 3.14. The monoisotopic (exact) mass is 436 g/mol.